The molecule has 4 aromatic carbocycles. The number of para-hydroxylation sites is 2. The van der Waals surface area contributed by atoms with Crippen LogP contribution in [0.2, 0.25) is 0 Å². The molecule has 212 valence electrons. The van der Waals surface area contributed by atoms with Crippen LogP contribution in [0, 0.1) is 6.92 Å². The molecule has 0 aliphatic carbocycles. The van der Waals surface area contributed by atoms with Crippen LogP contribution in [0.5, 0.6) is 11.5 Å². The Labute approximate surface area is 243 Å². The number of methoxy groups -OCH3 is 1. The fourth-order valence-electron chi connectivity index (χ4n) is 4.89. The highest BCUT2D eigenvalue weighted by Crippen LogP contribution is 2.33. The Morgan fingerprint density at radius 1 is 0.810 bits per heavy atom. The summed E-state index contributed by atoms with van der Waals surface area (Å²) in [6.45, 7) is 3.84. The summed E-state index contributed by atoms with van der Waals surface area (Å²) in [5.41, 5.74) is 4.11. The van der Waals surface area contributed by atoms with Gasteiger partial charge in [0.05, 0.1) is 42.5 Å². The van der Waals surface area contributed by atoms with E-state index in [0.717, 1.165) is 16.8 Å². The van der Waals surface area contributed by atoms with E-state index in [0.29, 0.717) is 28.1 Å². The second-order valence-corrected chi connectivity index (χ2v) is 9.54. The zero-order chi connectivity index (χ0) is 29.6. The highest BCUT2D eigenvalue weighted by Gasteiger charge is 2.23. The Balaban J connectivity index is 1.42. The molecule has 0 aliphatic heterocycles. The van der Waals surface area contributed by atoms with Crippen LogP contribution < -0.4 is 14.8 Å². The van der Waals surface area contributed by atoms with Gasteiger partial charge in [-0.2, -0.15) is 0 Å². The predicted molar refractivity (Wildman–Crippen MR) is 161 cm³/mol. The normalized spacial score (nSPS) is 10.7. The number of ether oxygens (including phenoxy) is 3. The topological polar surface area (TPSA) is 95.9 Å². The maximum Gasteiger partial charge on any atom is 0.345 e. The first-order valence-electron chi connectivity index (χ1n) is 13.5. The number of benzene rings is 4. The number of esters is 2. The standard InChI is InChI=1S/C34H30N2O6/c1-4-41-34(39)32-22(2)36(24-10-6-5-7-11-24)30-19-18-26(21-28(30)32)42-33(38)27-12-8-9-13-29(27)35-31(37)20-23-14-16-25(40-3)17-15-23/h5-19,21H,4,20H2,1-3H3,(H,35,37). The Bertz CT molecular complexity index is 1760. The summed E-state index contributed by atoms with van der Waals surface area (Å²) < 4.78 is 18.3. The Morgan fingerprint density at radius 2 is 1.50 bits per heavy atom. The molecule has 0 aliphatic rings. The average molecular weight is 563 g/mol. The summed E-state index contributed by atoms with van der Waals surface area (Å²) in [6, 6.07) is 28.7. The van der Waals surface area contributed by atoms with Gasteiger partial charge in [0.1, 0.15) is 11.5 Å². The van der Waals surface area contributed by atoms with Gasteiger partial charge in [0.15, 0.2) is 0 Å². The third-order valence-electron chi connectivity index (χ3n) is 6.82. The van der Waals surface area contributed by atoms with Crippen molar-refractivity contribution in [1.29, 1.82) is 0 Å². The first kappa shape index (κ1) is 28.2. The summed E-state index contributed by atoms with van der Waals surface area (Å²) >= 11 is 0. The maximum atomic E-state index is 13.3. The van der Waals surface area contributed by atoms with E-state index in [1.807, 2.05) is 60.0 Å². The molecule has 0 unspecified atom stereocenters. The van der Waals surface area contributed by atoms with Crippen molar-refractivity contribution >= 4 is 34.4 Å². The molecule has 0 saturated heterocycles. The minimum absolute atomic E-state index is 0.123. The SMILES string of the molecule is CCOC(=O)c1c(C)n(-c2ccccc2)c2ccc(OC(=O)c3ccccc3NC(=O)Cc3ccc(OC)cc3)cc12. The van der Waals surface area contributed by atoms with Gasteiger partial charge in [-0.05, 0) is 74.0 Å². The lowest BCUT2D eigenvalue weighted by Crippen LogP contribution is -2.18. The highest BCUT2D eigenvalue weighted by atomic mass is 16.5. The predicted octanol–water partition coefficient (Wildman–Crippen LogP) is 6.52. The van der Waals surface area contributed by atoms with Crippen molar-refractivity contribution in [3.05, 3.63) is 119 Å². The lowest BCUT2D eigenvalue weighted by Gasteiger charge is -2.12. The van der Waals surface area contributed by atoms with E-state index in [-0.39, 0.29) is 30.2 Å². The van der Waals surface area contributed by atoms with Crippen molar-refractivity contribution in [2.75, 3.05) is 19.0 Å². The molecule has 0 atom stereocenters. The zero-order valence-electron chi connectivity index (χ0n) is 23.5. The number of fused-ring (bicyclic) bond motifs is 1. The van der Waals surface area contributed by atoms with Gasteiger partial charge in [-0.3, -0.25) is 4.79 Å². The average Bonchev–Trinajstić information content (AvgIpc) is 3.29. The van der Waals surface area contributed by atoms with E-state index in [4.69, 9.17) is 14.2 Å². The molecule has 0 spiro atoms. The molecule has 1 amide bonds. The van der Waals surface area contributed by atoms with Crippen LogP contribution in [0.25, 0.3) is 16.6 Å². The number of amides is 1. The minimum Gasteiger partial charge on any atom is -0.497 e. The van der Waals surface area contributed by atoms with Crippen LogP contribution in [-0.2, 0) is 16.0 Å². The lowest BCUT2D eigenvalue weighted by molar-refractivity contribution is -0.115. The third kappa shape index (κ3) is 5.88. The number of nitrogens with zero attached hydrogens (tertiary/aromatic N) is 1. The molecular formula is C34H30N2O6. The molecule has 8 heteroatoms. The summed E-state index contributed by atoms with van der Waals surface area (Å²) in [5, 5.41) is 3.41. The van der Waals surface area contributed by atoms with Crippen molar-refractivity contribution in [2.45, 2.75) is 20.3 Å². The monoisotopic (exact) mass is 562 g/mol. The molecule has 5 aromatic rings. The van der Waals surface area contributed by atoms with Crippen LogP contribution in [0.4, 0.5) is 5.69 Å². The number of rotatable bonds is 9. The number of anilines is 1. The van der Waals surface area contributed by atoms with Gasteiger partial charge in [0.25, 0.3) is 0 Å². The third-order valence-corrected chi connectivity index (χ3v) is 6.82. The molecule has 1 aromatic heterocycles. The smallest absolute Gasteiger partial charge is 0.345 e. The zero-order valence-corrected chi connectivity index (χ0v) is 23.5. The largest absolute Gasteiger partial charge is 0.497 e. The molecule has 0 radical (unpaired) electrons. The number of hydrogen-bond acceptors (Lipinski definition) is 6. The highest BCUT2D eigenvalue weighted by molar-refractivity contribution is 6.07. The Morgan fingerprint density at radius 3 is 2.21 bits per heavy atom. The van der Waals surface area contributed by atoms with Crippen LogP contribution in [0.3, 0.4) is 0 Å². The van der Waals surface area contributed by atoms with Crippen molar-refractivity contribution in [3.8, 4) is 17.2 Å². The van der Waals surface area contributed by atoms with Gasteiger partial charge in [0, 0.05) is 16.8 Å². The second kappa shape index (κ2) is 12.4. The van der Waals surface area contributed by atoms with Gasteiger partial charge < -0.3 is 24.1 Å². The molecule has 42 heavy (non-hydrogen) atoms. The summed E-state index contributed by atoms with van der Waals surface area (Å²) in [7, 11) is 1.58. The Kier molecular flexibility index (Phi) is 8.34. The van der Waals surface area contributed by atoms with Gasteiger partial charge in [-0.25, -0.2) is 9.59 Å². The molecular weight excluding hydrogens is 532 g/mol. The van der Waals surface area contributed by atoms with E-state index in [2.05, 4.69) is 5.32 Å². The van der Waals surface area contributed by atoms with E-state index < -0.39 is 11.9 Å². The number of carbonyl (C=O) groups is 3. The molecule has 0 saturated carbocycles. The summed E-state index contributed by atoms with van der Waals surface area (Å²) in [5.74, 6) is -0.428. The first-order chi connectivity index (χ1) is 20.4. The van der Waals surface area contributed by atoms with Gasteiger partial charge in [-0.1, -0.05) is 42.5 Å². The lowest BCUT2D eigenvalue weighted by atomic mass is 10.1. The van der Waals surface area contributed by atoms with Gasteiger partial charge in [0.2, 0.25) is 5.91 Å². The van der Waals surface area contributed by atoms with E-state index in [1.54, 1.807) is 62.6 Å². The van der Waals surface area contributed by atoms with Gasteiger partial charge >= 0.3 is 11.9 Å². The van der Waals surface area contributed by atoms with E-state index in [1.165, 1.54) is 0 Å². The molecule has 8 nitrogen and oxygen atoms in total. The van der Waals surface area contributed by atoms with Crippen LogP contribution in [-0.4, -0.2) is 36.1 Å². The van der Waals surface area contributed by atoms with Crippen molar-refractivity contribution < 1.29 is 28.6 Å². The van der Waals surface area contributed by atoms with Crippen LogP contribution in [0.15, 0.2) is 97.1 Å². The number of carbonyl (C=O) groups excluding carboxylic acids is 3. The quantitative estimate of drug-likeness (QED) is 0.162. The number of nitrogens with one attached hydrogen (secondary N) is 1. The minimum atomic E-state index is -0.647. The fraction of sp³-hybridized carbons (Fsp3) is 0.147. The Hall–Kier alpha value is -5.37. The first-order valence-corrected chi connectivity index (χ1v) is 13.5. The number of hydrogen-bond donors (Lipinski definition) is 1. The molecule has 1 heterocycles. The van der Waals surface area contributed by atoms with Gasteiger partial charge in [-0.15, -0.1) is 0 Å². The van der Waals surface area contributed by atoms with Crippen molar-refractivity contribution in [1.82, 2.24) is 4.57 Å². The molecule has 5 rings (SSSR count). The van der Waals surface area contributed by atoms with Crippen LogP contribution in [0.1, 0.15) is 38.9 Å². The van der Waals surface area contributed by atoms with E-state index in [9.17, 15) is 14.4 Å². The molecule has 0 bridgehead atoms. The van der Waals surface area contributed by atoms with Crippen molar-refractivity contribution in [3.63, 3.8) is 0 Å². The van der Waals surface area contributed by atoms with Crippen molar-refractivity contribution in [2.24, 2.45) is 0 Å². The van der Waals surface area contributed by atoms with Crippen LogP contribution >= 0.6 is 0 Å². The second-order valence-electron chi connectivity index (χ2n) is 9.54. The molecule has 0 fully saturated rings. The van der Waals surface area contributed by atoms with E-state index >= 15 is 0 Å². The number of aromatic nitrogens is 1. The fourth-order valence-corrected chi connectivity index (χ4v) is 4.89. The summed E-state index contributed by atoms with van der Waals surface area (Å²) in [6.07, 6.45) is 0.123. The summed E-state index contributed by atoms with van der Waals surface area (Å²) in [4.78, 5) is 39.1. The maximum absolute atomic E-state index is 13.3. The molecule has 1 N–H and O–H groups in total.